The molecular weight excluding hydrogens is 121 g/mol. The number of hydrogen-bond acceptors (Lipinski definition) is 1. The van der Waals surface area contributed by atoms with Crippen LogP contribution in [0.2, 0.25) is 0 Å². The molecule has 0 aliphatic carbocycles. The summed E-state index contributed by atoms with van der Waals surface area (Å²) in [6.45, 7) is 2.99. The molecule has 0 bridgehead atoms. The van der Waals surface area contributed by atoms with Crippen LogP contribution in [0.1, 0.15) is 13.3 Å². The highest BCUT2D eigenvalue weighted by Crippen LogP contribution is 2.19. The lowest BCUT2D eigenvalue weighted by Gasteiger charge is -2.04. The second kappa shape index (κ2) is 2.02. The predicted octanol–water partition coefficient (Wildman–Crippen LogP) is 0.645. The Morgan fingerprint density at radius 1 is 1.88 bits per heavy atom. The van der Waals surface area contributed by atoms with E-state index in [-0.39, 0.29) is 5.91 Å². The second-order valence-electron chi connectivity index (χ2n) is 2.36. The van der Waals surface area contributed by atoms with Gasteiger partial charge in [0.2, 0.25) is 5.91 Å². The van der Waals surface area contributed by atoms with Crippen molar-refractivity contribution >= 4 is 15.3 Å². The number of hydrogen-bond donors (Lipinski definition) is 0. The minimum atomic E-state index is 0.252. The molecule has 2 nitrogen and oxygen atoms in total. The molecule has 3 heteroatoms. The molecule has 1 amide bonds. The maximum Gasteiger partial charge on any atom is 0.225 e. The van der Waals surface area contributed by atoms with Crippen molar-refractivity contribution in [1.29, 1.82) is 0 Å². The molecule has 2 atom stereocenters. The number of rotatable bonds is 0. The maximum absolute atomic E-state index is 10.7. The van der Waals surface area contributed by atoms with Crippen molar-refractivity contribution in [2.75, 3.05) is 6.54 Å². The topological polar surface area (TPSA) is 20.3 Å². The average Bonchev–Trinajstić information content (AvgIpc) is 1.85. The van der Waals surface area contributed by atoms with E-state index in [9.17, 15) is 4.79 Å². The van der Waals surface area contributed by atoms with Gasteiger partial charge in [0.05, 0.1) is 0 Å². The Balaban J connectivity index is 2.51. The van der Waals surface area contributed by atoms with E-state index in [0.29, 0.717) is 5.92 Å². The molecule has 0 aromatic rings. The smallest absolute Gasteiger partial charge is 0.225 e. The summed E-state index contributed by atoms with van der Waals surface area (Å²) < 4.78 is 1.70. The van der Waals surface area contributed by atoms with Gasteiger partial charge in [-0.15, -0.1) is 0 Å². The van der Waals surface area contributed by atoms with Crippen LogP contribution in [0.4, 0.5) is 0 Å². The Kier molecular flexibility index (Phi) is 1.52. The van der Waals surface area contributed by atoms with E-state index in [1.807, 2.05) is 0 Å². The van der Waals surface area contributed by atoms with E-state index >= 15 is 0 Å². The van der Waals surface area contributed by atoms with Crippen molar-refractivity contribution in [2.45, 2.75) is 13.3 Å². The maximum atomic E-state index is 10.7. The fourth-order valence-electron chi connectivity index (χ4n) is 0.917. The van der Waals surface area contributed by atoms with Gasteiger partial charge in [-0.1, -0.05) is 6.92 Å². The van der Waals surface area contributed by atoms with E-state index in [1.54, 1.807) is 4.67 Å². The summed E-state index contributed by atoms with van der Waals surface area (Å²) in [5.74, 6) is 0.808. The first kappa shape index (κ1) is 6.03. The van der Waals surface area contributed by atoms with Crippen molar-refractivity contribution in [3.63, 3.8) is 0 Å². The summed E-state index contributed by atoms with van der Waals surface area (Å²) in [7, 11) is 2.42. The molecule has 8 heavy (non-hydrogen) atoms. The van der Waals surface area contributed by atoms with E-state index in [2.05, 4.69) is 16.3 Å². The van der Waals surface area contributed by atoms with Gasteiger partial charge in [-0.3, -0.25) is 4.79 Å². The molecule has 1 heterocycles. The average molecular weight is 131 g/mol. The molecule has 2 unspecified atom stereocenters. The highest BCUT2D eigenvalue weighted by Gasteiger charge is 2.22. The first-order valence-corrected chi connectivity index (χ1v) is 3.27. The predicted molar refractivity (Wildman–Crippen MR) is 35.2 cm³/mol. The van der Waals surface area contributed by atoms with Crippen LogP contribution in [0.5, 0.6) is 0 Å². The normalized spacial score (nSPS) is 29.5. The van der Waals surface area contributed by atoms with Gasteiger partial charge < -0.3 is 4.67 Å². The van der Waals surface area contributed by atoms with Crippen molar-refractivity contribution in [1.82, 2.24) is 4.67 Å². The monoisotopic (exact) mass is 131 g/mol. The largest absolute Gasteiger partial charge is 0.327 e. The van der Waals surface area contributed by atoms with Crippen LogP contribution in [0, 0.1) is 5.92 Å². The van der Waals surface area contributed by atoms with Gasteiger partial charge in [0, 0.05) is 13.0 Å². The molecule has 1 saturated heterocycles. The number of amides is 1. The first-order chi connectivity index (χ1) is 3.70. The number of carbonyl (C=O) groups excluding carboxylic acids is 1. The van der Waals surface area contributed by atoms with E-state index in [0.717, 1.165) is 13.0 Å². The van der Waals surface area contributed by atoms with E-state index in [1.165, 1.54) is 0 Å². The van der Waals surface area contributed by atoms with Crippen molar-refractivity contribution in [3.05, 3.63) is 0 Å². The molecule has 46 valence electrons. The van der Waals surface area contributed by atoms with Crippen LogP contribution in [-0.2, 0) is 4.79 Å². The van der Waals surface area contributed by atoms with Gasteiger partial charge in [-0.25, -0.2) is 0 Å². The van der Waals surface area contributed by atoms with Gasteiger partial charge in [-0.05, 0) is 15.3 Å². The Morgan fingerprint density at radius 3 is 2.62 bits per heavy atom. The van der Waals surface area contributed by atoms with E-state index in [4.69, 9.17) is 0 Å². The molecular formula is C5H10NOP. The second-order valence-corrected chi connectivity index (χ2v) is 2.98. The summed E-state index contributed by atoms with van der Waals surface area (Å²) in [6, 6.07) is 0. The summed E-state index contributed by atoms with van der Waals surface area (Å²) in [5, 5.41) is 0. The fraction of sp³-hybridized carbons (Fsp3) is 0.800. The van der Waals surface area contributed by atoms with Gasteiger partial charge in [0.15, 0.2) is 0 Å². The van der Waals surface area contributed by atoms with Gasteiger partial charge in [0.1, 0.15) is 0 Å². The van der Waals surface area contributed by atoms with Crippen LogP contribution in [0.3, 0.4) is 0 Å². The molecule has 0 aromatic heterocycles. The Bertz CT molecular complexity index is 115. The van der Waals surface area contributed by atoms with Crippen LogP contribution < -0.4 is 0 Å². The van der Waals surface area contributed by atoms with Crippen molar-refractivity contribution in [2.24, 2.45) is 5.92 Å². The highest BCUT2D eigenvalue weighted by atomic mass is 31.0. The minimum absolute atomic E-state index is 0.252. The Hall–Kier alpha value is -0.100. The zero-order valence-corrected chi connectivity index (χ0v) is 6.08. The molecule has 0 radical (unpaired) electrons. The molecule has 0 saturated carbocycles. The van der Waals surface area contributed by atoms with Gasteiger partial charge in [-0.2, -0.15) is 0 Å². The van der Waals surface area contributed by atoms with Crippen LogP contribution in [0.15, 0.2) is 0 Å². The molecule has 1 aliphatic rings. The zero-order chi connectivity index (χ0) is 6.15. The minimum Gasteiger partial charge on any atom is -0.327 e. The lowest BCUT2D eigenvalue weighted by atomic mass is 10.2. The number of carbonyl (C=O) groups is 1. The summed E-state index contributed by atoms with van der Waals surface area (Å²) in [6.07, 6.45) is 0.726. The van der Waals surface area contributed by atoms with Crippen LogP contribution in [0.25, 0.3) is 0 Å². The third-order valence-electron chi connectivity index (χ3n) is 1.35. The Morgan fingerprint density at radius 2 is 2.50 bits per heavy atom. The SMILES string of the molecule is CC1CC(=O)N(P)C1. The lowest BCUT2D eigenvalue weighted by Crippen LogP contribution is -2.10. The third kappa shape index (κ3) is 1.00. The van der Waals surface area contributed by atoms with Crippen LogP contribution >= 0.6 is 9.39 Å². The quantitative estimate of drug-likeness (QED) is 0.442. The molecule has 0 spiro atoms. The van der Waals surface area contributed by atoms with Crippen molar-refractivity contribution < 1.29 is 4.79 Å². The molecule has 1 fully saturated rings. The molecule has 1 aliphatic heterocycles. The zero-order valence-electron chi connectivity index (χ0n) is 4.92. The third-order valence-corrected chi connectivity index (χ3v) is 1.85. The van der Waals surface area contributed by atoms with Gasteiger partial charge in [0.25, 0.3) is 0 Å². The fourth-order valence-corrected chi connectivity index (χ4v) is 1.38. The lowest BCUT2D eigenvalue weighted by molar-refractivity contribution is -0.123. The summed E-state index contributed by atoms with van der Waals surface area (Å²) in [5.41, 5.74) is 0. The summed E-state index contributed by atoms with van der Waals surface area (Å²) >= 11 is 0. The molecule has 0 aromatic carbocycles. The molecule has 1 rings (SSSR count). The highest BCUT2D eigenvalue weighted by molar-refractivity contribution is 7.14. The Labute approximate surface area is 51.5 Å². The first-order valence-electron chi connectivity index (χ1n) is 2.75. The van der Waals surface area contributed by atoms with Gasteiger partial charge >= 0.3 is 0 Å². The standard InChI is InChI=1S/C5H10NOP/c1-4-2-5(7)6(8)3-4/h4H,2-3,8H2,1H3. The number of nitrogens with zero attached hydrogens (tertiary/aromatic N) is 1. The molecule has 0 N–H and O–H groups in total. The van der Waals surface area contributed by atoms with E-state index < -0.39 is 0 Å². The summed E-state index contributed by atoms with van der Waals surface area (Å²) in [4.78, 5) is 10.7. The van der Waals surface area contributed by atoms with Crippen molar-refractivity contribution in [3.8, 4) is 0 Å². The van der Waals surface area contributed by atoms with Crippen LogP contribution in [-0.4, -0.2) is 17.1 Å².